The third-order valence-corrected chi connectivity index (χ3v) is 4.73. The van der Waals surface area contributed by atoms with Crippen molar-refractivity contribution in [1.82, 2.24) is 5.32 Å². The summed E-state index contributed by atoms with van der Waals surface area (Å²) in [6, 6.07) is 11.7. The summed E-state index contributed by atoms with van der Waals surface area (Å²) in [6.45, 7) is 3.86. The van der Waals surface area contributed by atoms with Crippen LogP contribution in [0.3, 0.4) is 0 Å². The van der Waals surface area contributed by atoms with Crippen LogP contribution in [0, 0.1) is 14.9 Å². The van der Waals surface area contributed by atoms with E-state index in [2.05, 4.69) is 27.9 Å². The van der Waals surface area contributed by atoms with Gasteiger partial charge in [-0.1, -0.05) is 12.1 Å². The topological polar surface area (TPSA) is 109 Å². The third kappa shape index (κ3) is 6.22. The predicted octanol–water partition coefficient (Wildman–Crippen LogP) is 4.01. The lowest BCUT2D eigenvalue weighted by molar-refractivity contribution is -0.117. The van der Waals surface area contributed by atoms with Crippen molar-refractivity contribution in [3.63, 3.8) is 0 Å². The average Bonchev–Trinajstić information content (AvgIpc) is 2.70. The number of halogens is 1. The van der Waals surface area contributed by atoms with Gasteiger partial charge in [-0.05, 0) is 77.9 Å². The Morgan fingerprint density at radius 1 is 1.27 bits per heavy atom. The van der Waals surface area contributed by atoms with Gasteiger partial charge < -0.3 is 19.9 Å². The normalized spacial score (nSPS) is 11.0. The minimum absolute atomic E-state index is 0.00579. The molecule has 0 aliphatic rings. The fraction of sp³-hybridized carbons (Fsp3) is 0.227. The number of hydrogen-bond acceptors (Lipinski definition) is 5. The summed E-state index contributed by atoms with van der Waals surface area (Å²) in [4.78, 5) is 23.1. The van der Waals surface area contributed by atoms with E-state index < -0.39 is 11.9 Å². The molecule has 30 heavy (non-hydrogen) atoms. The number of nitriles is 1. The minimum atomic E-state index is -0.985. The molecule has 0 spiro atoms. The Hall–Kier alpha value is -3.06. The van der Waals surface area contributed by atoms with Gasteiger partial charge in [0.05, 0.1) is 16.2 Å². The highest BCUT2D eigenvalue weighted by Crippen LogP contribution is 2.35. The molecule has 0 saturated carbocycles. The van der Waals surface area contributed by atoms with Crippen molar-refractivity contribution in [2.24, 2.45) is 0 Å². The molecule has 0 unspecified atom stereocenters. The number of methoxy groups -OCH3 is 1. The van der Waals surface area contributed by atoms with Crippen LogP contribution in [-0.2, 0) is 11.4 Å². The van der Waals surface area contributed by atoms with Crippen LogP contribution in [0.1, 0.15) is 35.3 Å². The molecule has 0 heterocycles. The van der Waals surface area contributed by atoms with E-state index in [1.54, 1.807) is 24.3 Å². The molecule has 156 valence electrons. The second-order valence-corrected chi connectivity index (χ2v) is 7.79. The zero-order valence-electron chi connectivity index (χ0n) is 16.7. The van der Waals surface area contributed by atoms with Crippen LogP contribution in [0.4, 0.5) is 0 Å². The molecule has 7 nitrogen and oxygen atoms in total. The molecule has 0 fully saturated rings. The maximum Gasteiger partial charge on any atom is 0.335 e. The first-order valence-electron chi connectivity index (χ1n) is 9.00. The Morgan fingerprint density at radius 3 is 2.47 bits per heavy atom. The average molecular weight is 520 g/mol. The molecule has 0 radical (unpaired) electrons. The number of ether oxygens (including phenoxy) is 2. The molecule has 2 aromatic rings. The number of carbonyl (C=O) groups is 2. The standard InChI is InChI=1S/C22H21IN2O5/c1-13(2)25-21(26)17(11-24)8-15-9-18(23)20(19(10-15)29-3)30-12-14-4-6-16(7-5-14)22(27)28/h4-10,13H,12H2,1-3H3,(H,25,26)(H,27,28)/b17-8-. The number of carboxylic acids is 1. The van der Waals surface area contributed by atoms with Crippen LogP contribution in [0.2, 0.25) is 0 Å². The summed E-state index contributed by atoms with van der Waals surface area (Å²) in [6.07, 6.45) is 1.50. The largest absolute Gasteiger partial charge is 0.493 e. The number of carboxylic acid groups (broad SMARTS) is 1. The van der Waals surface area contributed by atoms with E-state index in [0.717, 1.165) is 9.13 Å². The number of hydrogen-bond donors (Lipinski definition) is 2. The Balaban J connectivity index is 2.24. The van der Waals surface area contributed by atoms with E-state index in [9.17, 15) is 14.9 Å². The predicted molar refractivity (Wildman–Crippen MR) is 120 cm³/mol. The number of rotatable bonds is 8. The quantitative estimate of drug-likeness (QED) is 0.310. The van der Waals surface area contributed by atoms with Crippen LogP contribution in [0.25, 0.3) is 6.08 Å². The molecule has 2 N–H and O–H groups in total. The highest BCUT2D eigenvalue weighted by Gasteiger charge is 2.14. The van der Waals surface area contributed by atoms with Crippen LogP contribution in [-0.4, -0.2) is 30.1 Å². The SMILES string of the molecule is COc1cc(/C=C(/C#N)C(=O)NC(C)C)cc(I)c1OCc1ccc(C(=O)O)cc1. The van der Waals surface area contributed by atoms with Crippen LogP contribution >= 0.6 is 22.6 Å². The van der Waals surface area contributed by atoms with Gasteiger partial charge >= 0.3 is 5.97 Å². The molecule has 2 rings (SSSR count). The van der Waals surface area contributed by atoms with E-state index in [4.69, 9.17) is 14.6 Å². The van der Waals surface area contributed by atoms with E-state index in [1.807, 2.05) is 19.9 Å². The molecule has 0 atom stereocenters. The third-order valence-electron chi connectivity index (χ3n) is 3.93. The summed E-state index contributed by atoms with van der Waals surface area (Å²) >= 11 is 2.09. The van der Waals surface area contributed by atoms with Gasteiger partial charge in [-0.2, -0.15) is 5.26 Å². The van der Waals surface area contributed by atoms with Crippen molar-refractivity contribution in [3.05, 3.63) is 62.2 Å². The fourth-order valence-corrected chi connectivity index (χ4v) is 3.30. The maximum atomic E-state index is 12.1. The number of aromatic carboxylic acids is 1. The monoisotopic (exact) mass is 520 g/mol. The number of carbonyl (C=O) groups excluding carboxylic acids is 1. The second kappa shape index (κ2) is 10.6. The number of nitrogens with zero attached hydrogens (tertiary/aromatic N) is 1. The Bertz CT molecular complexity index is 1010. The first-order chi connectivity index (χ1) is 14.2. The maximum absolute atomic E-state index is 12.1. The summed E-state index contributed by atoms with van der Waals surface area (Å²) < 4.78 is 12.1. The molecule has 0 saturated heterocycles. The van der Waals surface area contributed by atoms with E-state index in [1.165, 1.54) is 25.3 Å². The zero-order chi connectivity index (χ0) is 22.3. The Kier molecular flexibility index (Phi) is 8.24. The van der Waals surface area contributed by atoms with Crippen molar-refractivity contribution in [1.29, 1.82) is 5.26 Å². The van der Waals surface area contributed by atoms with E-state index in [0.29, 0.717) is 17.1 Å². The Morgan fingerprint density at radius 2 is 1.93 bits per heavy atom. The van der Waals surface area contributed by atoms with Crippen molar-refractivity contribution >= 4 is 40.5 Å². The summed E-state index contributed by atoms with van der Waals surface area (Å²) in [7, 11) is 1.50. The fourth-order valence-electron chi connectivity index (χ4n) is 2.52. The van der Waals surface area contributed by atoms with Gasteiger partial charge in [-0.15, -0.1) is 0 Å². The molecule has 0 aliphatic heterocycles. The Labute approximate surface area is 188 Å². The summed E-state index contributed by atoms with van der Waals surface area (Å²) in [5.41, 5.74) is 1.63. The lowest BCUT2D eigenvalue weighted by Gasteiger charge is -2.14. The molecule has 0 bridgehead atoms. The van der Waals surface area contributed by atoms with Crippen LogP contribution in [0.15, 0.2) is 42.0 Å². The van der Waals surface area contributed by atoms with E-state index >= 15 is 0 Å². The van der Waals surface area contributed by atoms with Crippen molar-refractivity contribution in [2.75, 3.05) is 7.11 Å². The molecule has 2 aromatic carbocycles. The smallest absolute Gasteiger partial charge is 0.335 e. The molecular weight excluding hydrogens is 499 g/mol. The minimum Gasteiger partial charge on any atom is -0.493 e. The lowest BCUT2D eigenvalue weighted by atomic mass is 10.1. The number of benzene rings is 2. The van der Waals surface area contributed by atoms with Gasteiger partial charge in [-0.3, -0.25) is 4.79 Å². The van der Waals surface area contributed by atoms with Gasteiger partial charge in [0.25, 0.3) is 5.91 Å². The van der Waals surface area contributed by atoms with Crippen molar-refractivity contribution < 1.29 is 24.2 Å². The molecule has 0 aromatic heterocycles. The van der Waals surface area contributed by atoms with Gasteiger partial charge in [-0.25, -0.2) is 4.79 Å². The van der Waals surface area contributed by atoms with Gasteiger partial charge in [0, 0.05) is 6.04 Å². The van der Waals surface area contributed by atoms with Crippen molar-refractivity contribution in [2.45, 2.75) is 26.5 Å². The van der Waals surface area contributed by atoms with Crippen LogP contribution < -0.4 is 14.8 Å². The molecule has 0 aliphatic carbocycles. The summed E-state index contributed by atoms with van der Waals surface area (Å²) in [5.74, 6) is -0.452. The summed E-state index contributed by atoms with van der Waals surface area (Å²) in [5, 5.41) is 21.0. The lowest BCUT2D eigenvalue weighted by Crippen LogP contribution is -2.30. The van der Waals surface area contributed by atoms with Crippen molar-refractivity contribution in [3.8, 4) is 17.6 Å². The second-order valence-electron chi connectivity index (χ2n) is 6.62. The number of nitrogens with one attached hydrogen (secondary N) is 1. The highest BCUT2D eigenvalue weighted by molar-refractivity contribution is 14.1. The molecule has 1 amide bonds. The van der Waals surface area contributed by atoms with Gasteiger partial charge in [0.15, 0.2) is 11.5 Å². The van der Waals surface area contributed by atoms with Gasteiger partial charge in [0.1, 0.15) is 18.2 Å². The van der Waals surface area contributed by atoms with Crippen LogP contribution in [0.5, 0.6) is 11.5 Å². The van der Waals surface area contributed by atoms with Gasteiger partial charge in [0.2, 0.25) is 0 Å². The molecule has 8 heteroatoms. The first kappa shape index (κ1) is 23.2. The van der Waals surface area contributed by atoms with E-state index in [-0.39, 0.29) is 23.8 Å². The molecular formula is C22H21IN2O5. The zero-order valence-corrected chi connectivity index (χ0v) is 18.9. The highest BCUT2D eigenvalue weighted by atomic mass is 127. The number of amides is 1. The first-order valence-corrected chi connectivity index (χ1v) is 10.1.